The van der Waals surface area contributed by atoms with Crippen molar-refractivity contribution in [1.82, 2.24) is 9.55 Å². The van der Waals surface area contributed by atoms with Crippen molar-refractivity contribution in [3.05, 3.63) is 56.7 Å². The first kappa shape index (κ1) is 23.9. The first-order valence-electron chi connectivity index (χ1n) is 12.9. The second kappa shape index (κ2) is 8.97. The monoisotopic (exact) mass is 480 g/mol. The third-order valence-corrected chi connectivity index (χ3v) is 8.38. The molecule has 0 aliphatic heterocycles. The number of rotatable bonds is 8. The van der Waals surface area contributed by atoms with Gasteiger partial charge in [-0.1, -0.05) is 43.7 Å². The van der Waals surface area contributed by atoms with Crippen molar-refractivity contribution in [1.29, 1.82) is 0 Å². The maximum absolute atomic E-state index is 14.0. The predicted octanol–water partition coefficient (Wildman–Crippen LogP) is 3.17. The van der Waals surface area contributed by atoms with Gasteiger partial charge in [0.2, 0.25) is 5.91 Å². The number of carbonyl (C=O) groups excluding carboxylic acids is 1. The lowest BCUT2D eigenvalue weighted by Crippen LogP contribution is -2.56. The summed E-state index contributed by atoms with van der Waals surface area (Å²) in [6, 6.07) is 9.50. The molecule has 4 bridgehead atoms. The normalized spacial score (nSPS) is 28.9. The number of hydrogen-bond acceptors (Lipinski definition) is 5. The van der Waals surface area contributed by atoms with Crippen molar-refractivity contribution in [3.63, 3.8) is 0 Å². The summed E-state index contributed by atoms with van der Waals surface area (Å²) in [5.74, 6) is 0.764. The molecule has 4 saturated carbocycles. The summed E-state index contributed by atoms with van der Waals surface area (Å²) < 4.78 is 1.36. The molecule has 6 rings (SSSR count). The molecule has 35 heavy (non-hydrogen) atoms. The Morgan fingerprint density at radius 3 is 2.49 bits per heavy atom. The maximum atomic E-state index is 14.0. The summed E-state index contributed by atoms with van der Waals surface area (Å²) in [5, 5.41) is 11.2. The lowest BCUT2D eigenvalue weighted by atomic mass is 9.47. The van der Waals surface area contributed by atoms with Crippen LogP contribution in [-0.2, 0) is 17.9 Å². The van der Waals surface area contributed by atoms with Crippen LogP contribution in [0.25, 0.3) is 0 Å². The highest BCUT2D eigenvalue weighted by Gasteiger charge is 2.57. The van der Waals surface area contributed by atoms with Crippen LogP contribution in [0.1, 0.15) is 70.3 Å². The van der Waals surface area contributed by atoms with E-state index in [9.17, 15) is 19.5 Å². The number of nitrogens with two attached hydrogens (primary N) is 1. The molecule has 1 aromatic carbocycles. The molecule has 1 amide bonds. The molecule has 4 fully saturated rings. The number of aromatic nitrogens is 2. The molecule has 0 saturated heterocycles. The number of aliphatic hydroxyl groups is 1. The fourth-order valence-electron chi connectivity index (χ4n) is 7.46. The number of carbonyl (C=O) groups is 1. The van der Waals surface area contributed by atoms with Crippen molar-refractivity contribution in [2.75, 3.05) is 10.6 Å². The van der Waals surface area contributed by atoms with E-state index in [1.165, 1.54) is 9.47 Å². The number of nitrogens with zero attached hydrogens (tertiary/aromatic N) is 2. The molecular formula is C27H36N4O4. The Balaban J connectivity index is 1.52. The minimum atomic E-state index is -0.668. The van der Waals surface area contributed by atoms with Crippen LogP contribution >= 0.6 is 0 Å². The highest BCUT2D eigenvalue weighted by Crippen LogP contribution is 2.63. The Labute approximate surface area is 205 Å². The molecule has 8 heteroatoms. The standard InChI is InChI=1S/C27H36N4O4/c1-2-3-9-30-23(28)22(24(33)29-25(30)34)31(16-18-7-5-4-6-8-18)21(32)15-26-11-19-10-20(12-26)14-27(35,13-19)17-26/h4-8,19-20,35H,2-3,9-17,28H2,1H3,(H,29,33,34)/t19-,20-,26?,27?/m1/s1. The van der Waals surface area contributed by atoms with E-state index in [0.29, 0.717) is 24.8 Å². The Morgan fingerprint density at radius 1 is 1.17 bits per heavy atom. The minimum Gasteiger partial charge on any atom is -0.390 e. The van der Waals surface area contributed by atoms with Crippen LogP contribution in [0.4, 0.5) is 11.5 Å². The largest absolute Gasteiger partial charge is 0.390 e. The zero-order valence-corrected chi connectivity index (χ0v) is 20.5. The molecule has 188 valence electrons. The van der Waals surface area contributed by atoms with Gasteiger partial charge in [-0.3, -0.25) is 19.1 Å². The molecule has 8 nitrogen and oxygen atoms in total. The molecule has 0 spiro atoms. The second-order valence-corrected chi connectivity index (χ2v) is 11.3. The molecular weight excluding hydrogens is 444 g/mol. The summed E-state index contributed by atoms with van der Waals surface area (Å²) in [5.41, 5.74) is 5.20. The van der Waals surface area contributed by atoms with Crippen LogP contribution in [0.2, 0.25) is 0 Å². The van der Waals surface area contributed by atoms with E-state index in [0.717, 1.165) is 50.5 Å². The van der Waals surface area contributed by atoms with E-state index in [4.69, 9.17) is 5.73 Å². The Bertz CT molecular complexity index is 1200. The van der Waals surface area contributed by atoms with E-state index in [1.54, 1.807) is 0 Å². The van der Waals surface area contributed by atoms with E-state index < -0.39 is 16.9 Å². The summed E-state index contributed by atoms with van der Waals surface area (Å²) in [6.07, 6.45) is 7.19. The molecule has 4 aliphatic carbocycles. The summed E-state index contributed by atoms with van der Waals surface area (Å²) in [4.78, 5) is 43.4. The lowest BCUT2D eigenvalue weighted by Gasteiger charge is -2.60. The Kier molecular flexibility index (Phi) is 6.11. The summed E-state index contributed by atoms with van der Waals surface area (Å²) in [6.45, 7) is 2.57. The van der Waals surface area contributed by atoms with Crippen molar-refractivity contribution >= 4 is 17.4 Å². The average Bonchev–Trinajstić information content (AvgIpc) is 2.77. The molecule has 2 aromatic rings. The fourth-order valence-corrected chi connectivity index (χ4v) is 7.46. The molecule has 4 aliphatic rings. The molecule has 0 unspecified atom stereocenters. The number of nitrogen functional groups attached to an aromatic ring is 1. The van der Waals surface area contributed by atoms with Gasteiger partial charge in [-0.05, 0) is 67.8 Å². The smallest absolute Gasteiger partial charge is 0.330 e. The van der Waals surface area contributed by atoms with E-state index in [2.05, 4.69) is 4.98 Å². The van der Waals surface area contributed by atoms with Crippen LogP contribution in [0.15, 0.2) is 39.9 Å². The fraction of sp³-hybridized carbons (Fsp3) is 0.593. The van der Waals surface area contributed by atoms with Gasteiger partial charge < -0.3 is 15.7 Å². The number of anilines is 2. The van der Waals surface area contributed by atoms with Gasteiger partial charge in [0, 0.05) is 13.0 Å². The SMILES string of the molecule is CCCCn1c(N)c(N(Cc2ccccc2)C(=O)CC23C[C@H]4C[C@@H](CC(O)(C4)C2)C3)c(=O)[nH]c1=O. The van der Waals surface area contributed by atoms with Crippen molar-refractivity contribution < 1.29 is 9.90 Å². The van der Waals surface area contributed by atoms with E-state index >= 15 is 0 Å². The van der Waals surface area contributed by atoms with Gasteiger partial charge >= 0.3 is 5.69 Å². The number of aromatic amines is 1. The number of unbranched alkanes of at least 4 members (excludes halogenated alkanes) is 1. The van der Waals surface area contributed by atoms with Crippen LogP contribution in [0, 0.1) is 17.3 Å². The molecule has 0 radical (unpaired) electrons. The van der Waals surface area contributed by atoms with Crippen LogP contribution in [-0.4, -0.2) is 26.2 Å². The highest BCUT2D eigenvalue weighted by molar-refractivity contribution is 5.96. The van der Waals surface area contributed by atoms with Gasteiger partial charge in [0.1, 0.15) is 5.82 Å². The predicted molar refractivity (Wildman–Crippen MR) is 135 cm³/mol. The van der Waals surface area contributed by atoms with Gasteiger partial charge in [0.15, 0.2) is 5.69 Å². The first-order chi connectivity index (χ1) is 16.7. The van der Waals surface area contributed by atoms with E-state index in [-0.39, 0.29) is 35.8 Å². The quantitative estimate of drug-likeness (QED) is 0.536. The number of benzene rings is 1. The van der Waals surface area contributed by atoms with Crippen LogP contribution < -0.4 is 21.9 Å². The first-order valence-corrected chi connectivity index (χ1v) is 12.9. The van der Waals surface area contributed by atoms with Gasteiger partial charge in [-0.15, -0.1) is 0 Å². The van der Waals surface area contributed by atoms with Crippen molar-refractivity contribution in [2.45, 2.75) is 83.4 Å². The number of amides is 1. The second-order valence-electron chi connectivity index (χ2n) is 11.3. The Hall–Kier alpha value is -2.87. The molecule has 2 atom stereocenters. The third kappa shape index (κ3) is 4.56. The average molecular weight is 481 g/mol. The Morgan fingerprint density at radius 2 is 1.86 bits per heavy atom. The summed E-state index contributed by atoms with van der Waals surface area (Å²) >= 11 is 0. The number of H-pyrrole nitrogens is 1. The topological polar surface area (TPSA) is 121 Å². The number of hydrogen-bond donors (Lipinski definition) is 3. The molecule has 1 heterocycles. The highest BCUT2D eigenvalue weighted by atomic mass is 16.3. The van der Waals surface area contributed by atoms with Gasteiger partial charge in [-0.2, -0.15) is 0 Å². The van der Waals surface area contributed by atoms with E-state index in [1.807, 2.05) is 37.3 Å². The third-order valence-electron chi connectivity index (χ3n) is 8.38. The van der Waals surface area contributed by atoms with Gasteiger partial charge in [0.25, 0.3) is 5.56 Å². The zero-order valence-electron chi connectivity index (χ0n) is 20.5. The van der Waals surface area contributed by atoms with Crippen molar-refractivity contribution in [2.24, 2.45) is 17.3 Å². The summed E-state index contributed by atoms with van der Waals surface area (Å²) in [7, 11) is 0. The molecule has 1 aromatic heterocycles. The van der Waals surface area contributed by atoms with Gasteiger partial charge in [-0.25, -0.2) is 4.79 Å². The zero-order chi connectivity index (χ0) is 24.8. The lowest BCUT2D eigenvalue weighted by molar-refractivity contribution is -0.168. The van der Waals surface area contributed by atoms with Gasteiger partial charge in [0.05, 0.1) is 12.1 Å². The van der Waals surface area contributed by atoms with Crippen molar-refractivity contribution in [3.8, 4) is 0 Å². The maximum Gasteiger partial charge on any atom is 0.330 e. The number of nitrogens with one attached hydrogen (secondary N) is 1. The van der Waals surface area contributed by atoms with Crippen LogP contribution in [0.3, 0.4) is 0 Å². The molecule has 4 N–H and O–H groups in total. The van der Waals surface area contributed by atoms with Crippen LogP contribution in [0.5, 0.6) is 0 Å². The minimum absolute atomic E-state index is 0.0284.